The van der Waals surface area contributed by atoms with Crippen LogP contribution in [0.5, 0.6) is 0 Å². The topological polar surface area (TPSA) is 12.0 Å². The largest absolute Gasteiger partial charge is 0.309 e. The minimum absolute atomic E-state index is 0.557. The molecule has 2 rings (SSSR count). The van der Waals surface area contributed by atoms with E-state index in [0.717, 1.165) is 18.4 Å². The van der Waals surface area contributed by atoms with Crippen LogP contribution in [0.4, 0.5) is 0 Å². The van der Waals surface area contributed by atoms with Gasteiger partial charge in [-0.1, -0.05) is 26.7 Å². The first-order valence-corrected chi connectivity index (χ1v) is 8.37. The van der Waals surface area contributed by atoms with E-state index in [0.29, 0.717) is 6.04 Å². The van der Waals surface area contributed by atoms with Gasteiger partial charge in [-0.2, -0.15) is 0 Å². The van der Waals surface area contributed by atoms with Crippen LogP contribution < -0.4 is 5.32 Å². The fourth-order valence-electron chi connectivity index (χ4n) is 2.94. The third kappa shape index (κ3) is 3.12. The van der Waals surface area contributed by atoms with E-state index in [1.165, 1.54) is 35.0 Å². The molecule has 1 aromatic rings. The molecule has 3 atom stereocenters. The van der Waals surface area contributed by atoms with Crippen molar-refractivity contribution in [3.63, 3.8) is 0 Å². The highest BCUT2D eigenvalue weighted by molar-refractivity contribution is 9.10. The SMILES string of the molecule is CCCNC(c1sccc1Br)C1CCCC1C. The maximum atomic E-state index is 3.77. The quantitative estimate of drug-likeness (QED) is 0.807. The highest BCUT2D eigenvalue weighted by Crippen LogP contribution is 2.43. The van der Waals surface area contributed by atoms with E-state index in [-0.39, 0.29) is 0 Å². The van der Waals surface area contributed by atoms with Crippen molar-refractivity contribution in [2.24, 2.45) is 11.8 Å². The van der Waals surface area contributed by atoms with Crippen LogP contribution in [0, 0.1) is 11.8 Å². The number of halogens is 1. The summed E-state index contributed by atoms with van der Waals surface area (Å²) in [6.45, 7) is 5.78. The third-order valence-electron chi connectivity index (χ3n) is 3.90. The Labute approximate surface area is 117 Å². The van der Waals surface area contributed by atoms with E-state index in [4.69, 9.17) is 0 Å². The van der Waals surface area contributed by atoms with Crippen molar-refractivity contribution in [2.75, 3.05) is 6.54 Å². The molecule has 3 unspecified atom stereocenters. The molecule has 17 heavy (non-hydrogen) atoms. The monoisotopic (exact) mass is 315 g/mol. The Morgan fingerprint density at radius 1 is 1.53 bits per heavy atom. The molecule has 0 spiro atoms. The van der Waals surface area contributed by atoms with Gasteiger partial charge in [0.25, 0.3) is 0 Å². The minimum Gasteiger partial charge on any atom is -0.309 e. The van der Waals surface area contributed by atoms with E-state index in [1.807, 2.05) is 11.3 Å². The van der Waals surface area contributed by atoms with Crippen LogP contribution in [0.3, 0.4) is 0 Å². The first-order valence-electron chi connectivity index (χ1n) is 6.70. The summed E-state index contributed by atoms with van der Waals surface area (Å²) in [5, 5.41) is 5.96. The Balaban J connectivity index is 2.15. The number of hydrogen-bond donors (Lipinski definition) is 1. The smallest absolute Gasteiger partial charge is 0.0457 e. The molecule has 1 nitrogen and oxygen atoms in total. The second kappa shape index (κ2) is 6.35. The summed E-state index contributed by atoms with van der Waals surface area (Å²) in [5.74, 6) is 1.68. The lowest BCUT2D eigenvalue weighted by Crippen LogP contribution is -2.30. The van der Waals surface area contributed by atoms with Crippen molar-refractivity contribution in [3.05, 3.63) is 20.8 Å². The maximum Gasteiger partial charge on any atom is 0.0457 e. The molecule has 0 saturated heterocycles. The van der Waals surface area contributed by atoms with Crippen LogP contribution >= 0.6 is 27.3 Å². The Morgan fingerprint density at radius 3 is 2.88 bits per heavy atom. The molecule has 0 amide bonds. The Bertz CT molecular complexity index is 350. The summed E-state index contributed by atoms with van der Waals surface area (Å²) >= 11 is 5.58. The molecule has 0 radical (unpaired) electrons. The number of hydrogen-bond acceptors (Lipinski definition) is 2. The minimum atomic E-state index is 0.557. The first-order chi connectivity index (χ1) is 8.24. The molecular formula is C14H22BrNS. The lowest BCUT2D eigenvalue weighted by molar-refractivity contribution is 0.305. The van der Waals surface area contributed by atoms with Gasteiger partial charge in [-0.3, -0.25) is 0 Å². The van der Waals surface area contributed by atoms with E-state index in [2.05, 4.69) is 46.5 Å². The molecule has 1 aliphatic carbocycles. The lowest BCUT2D eigenvalue weighted by Gasteiger charge is -2.27. The molecule has 1 heterocycles. The molecular weight excluding hydrogens is 294 g/mol. The van der Waals surface area contributed by atoms with Gasteiger partial charge < -0.3 is 5.32 Å². The van der Waals surface area contributed by atoms with Gasteiger partial charge in [-0.25, -0.2) is 0 Å². The maximum absolute atomic E-state index is 3.77. The molecule has 3 heteroatoms. The average Bonchev–Trinajstić information content (AvgIpc) is 2.90. The van der Waals surface area contributed by atoms with Crippen molar-refractivity contribution in [1.29, 1.82) is 0 Å². The van der Waals surface area contributed by atoms with Crippen LogP contribution in [-0.4, -0.2) is 6.54 Å². The van der Waals surface area contributed by atoms with Crippen molar-refractivity contribution >= 4 is 27.3 Å². The van der Waals surface area contributed by atoms with Gasteiger partial charge in [0, 0.05) is 15.4 Å². The predicted octanol–water partition coefficient (Wildman–Crippen LogP) is 4.99. The molecule has 1 fully saturated rings. The average molecular weight is 316 g/mol. The summed E-state index contributed by atoms with van der Waals surface area (Å²) in [6.07, 6.45) is 5.39. The molecule has 0 aliphatic heterocycles. The second-order valence-electron chi connectivity index (χ2n) is 5.14. The summed E-state index contributed by atoms with van der Waals surface area (Å²) in [5.41, 5.74) is 0. The zero-order valence-electron chi connectivity index (χ0n) is 10.7. The van der Waals surface area contributed by atoms with E-state index in [9.17, 15) is 0 Å². The fourth-order valence-corrected chi connectivity index (χ4v) is 4.71. The normalized spacial score (nSPS) is 26.3. The number of thiophene rings is 1. The zero-order valence-corrected chi connectivity index (χ0v) is 13.1. The van der Waals surface area contributed by atoms with Crippen LogP contribution in [0.1, 0.15) is 50.4 Å². The molecule has 1 saturated carbocycles. The zero-order chi connectivity index (χ0) is 12.3. The predicted molar refractivity (Wildman–Crippen MR) is 79.6 cm³/mol. The van der Waals surface area contributed by atoms with Crippen molar-refractivity contribution in [3.8, 4) is 0 Å². The van der Waals surface area contributed by atoms with E-state index >= 15 is 0 Å². The van der Waals surface area contributed by atoms with Crippen molar-refractivity contribution < 1.29 is 0 Å². The summed E-state index contributed by atoms with van der Waals surface area (Å²) < 4.78 is 1.29. The van der Waals surface area contributed by atoms with Crippen LogP contribution in [-0.2, 0) is 0 Å². The van der Waals surface area contributed by atoms with E-state index in [1.54, 1.807) is 0 Å². The van der Waals surface area contributed by atoms with Gasteiger partial charge in [0.2, 0.25) is 0 Å². The Kier molecular flexibility index (Phi) is 5.07. The molecule has 1 aliphatic rings. The van der Waals surface area contributed by atoms with Crippen LogP contribution in [0.15, 0.2) is 15.9 Å². The second-order valence-corrected chi connectivity index (χ2v) is 6.94. The van der Waals surface area contributed by atoms with Crippen LogP contribution in [0.2, 0.25) is 0 Å². The fraction of sp³-hybridized carbons (Fsp3) is 0.714. The molecule has 1 aromatic heterocycles. The third-order valence-corrected chi connectivity index (χ3v) is 5.85. The Morgan fingerprint density at radius 2 is 2.35 bits per heavy atom. The van der Waals surface area contributed by atoms with Gasteiger partial charge >= 0.3 is 0 Å². The molecule has 96 valence electrons. The summed E-state index contributed by atoms with van der Waals surface area (Å²) in [4.78, 5) is 1.50. The van der Waals surface area contributed by atoms with Crippen molar-refractivity contribution in [1.82, 2.24) is 5.32 Å². The molecule has 0 bridgehead atoms. The number of nitrogens with one attached hydrogen (secondary N) is 1. The van der Waals surface area contributed by atoms with Gasteiger partial charge in [-0.15, -0.1) is 11.3 Å². The van der Waals surface area contributed by atoms with Gasteiger partial charge in [-0.05, 0) is 58.6 Å². The standard InChI is InChI=1S/C14H22BrNS/c1-3-8-16-13(11-6-4-5-10(11)2)14-12(15)7-9-17-14/h7,9-11,13,16H,3-6,8H2,1-2H3. The molecule has 0 aromatic carbocycles. The highest BCUT2D eigenvalue weighted by atomic mass is 79.9. The lowest BCUT2D eigenvalue weighted by atomic mass is 9.89. The number of rotatable bonds is 5. The van der Waals surface area contributed by atoms with Gasteiger partial charge in [0.15, 0.2) is 0 Å². The van der Waals surface area contributed by atoms with Gasteiger partial charge in [0.05, 0.1) is 0 Å². The summed E-state index contributed by atoms with van der Waals surface area (Å²) in [6, 6.07) is 2.74. The van der Waals surface area contributed by atoms with Crippen molar-refractivity contribution in [2.45, 2.75) is 45.6 Å². The van der Waals surface area contributed by atoms with Crippen LogP contribution in [0.25, 0.3) is 0 Å². The van der Waals surface area contributed by atoms with Gasteiger partial charge in [0.1, 0.15) is 0 Å². The summed E-state index contributed by atoms with van der Waals surface area (Å²) in [7, 11) is 0. The molecule has 1 N–H and O–H groups in total. The Hall–Kier alpha value is 0.140. The first kappa shape index (κ1) is 13.6. The highest BCUT2D eigenvalue weighted by Gasteiger charge is 2.32. The van der Waals surface area contributed by atoms with E-state index < -0.39 is 0 Å².